The minimum atomic E-state index is -0.425. The molecule has 1 fully saturated rings. The number of rotatable bonds is 8. The summed E-state index contributed by atoms with van der Waals surface area (Å²) in [6, 6.07) is 12.2. The topological polar surface area (TPSA) is 80.7 Å². The first-order valence-electron chi connectivity index (χ1n) is 12.2. The van der Waals surface area contributed by atoms with Gasteiger partial charge in [-0.25, -0.2) is 5.01 Å². The molecule has 9 heteroatoms. The summed E-state index contributed by atoms with van der Waals surface area (Å²) in [4.78, 5) is 28.2. The van der Waals surface area contributed by atoms with E-state index in [2.05, 4.69) is 0 Å². The lowest BCUT2D eigenvalue weighted by Gasteiger charge is -2.34. The highest BCUT2D eigenvalue weighted by Gasteiger charge is 2.38. The molecule has 0 unspecified atom stereocenters. The van der Waals surface area contributed by atoms with Crippen molar-refractivity contribution >= 4 is 29.2 Å². The van der Waals surface area contributed by atoms with E-state index in [0.29, 0.717) is 42.5 Å². The first-order valence-corrected chi connectivity index (χ1v) is 12.6. The summed E-state index contributed by atoms with van der Waals surface area (Å²) in [5, 5.41) is 6.84. The number of hydrogen-bond acceptors (Lipinski definition) is 7. The Hall–Kier alpha value is -3.10. The Bertz CT molecular complexity index is 1140. The van der Waals surface area contributed by atoms with E-state index in [0.717, 1.165) is 29.7 Å². The number of hydrazone groups is 1. The van der Waals surface area contributed by atoms with Crippen molar-refractivity contribution in [2.75, 3.05) is 33.9 Å². The van der Waals surface area contributed by atoms with Gasteiger partial charge in [-0.15, -0.1) is 0 Å². The fourth-order valence-corrected chi connectivity index (χ4v) is 5.11. The van der Waals surface area contributed by atoms with Gasteiger partial charge in [0.05, 0.1) is 39.1 Å². The fraction of sp³-hybridized carbons (Fsp3) is 0.444. The fourth-order valence-electron chi connectivity index (χ4n) is 4.87. The summed E-state index contributed by atoms with van der Waals surface area (Å²) in [5.41, 5.74) is 2.32. The lowest BCUT2D eigenvalue weighted by Crippen LogP contribution is -2.49. The van der Waals surface area contributed by atoms with Crippen LogP contribution in [0.25, 0.3) is 0 Å². The molecule has 8 nitrogen and oxygen atoms in total. The van der Waals surface area contributed by atoms with Gasteiger partial charge in [0.2, 0.25) is 0 Å². The lowest BCUT2D eigenvalue weighted by atomic mass is 9.97. The quantitative estimate of drug-likeness (QED) is 0.485. The molecule has 0 spiro atoms. The Morgan fingerprint density at radius 2 is 1.92 bits per heavy atom. The maximum atomic E-state index is 13.7. The lowest BCUT2D eigenvalue weighted by molar-refractivity contribution is -0.152. The minimum Gasteiger partial charge on any atom is -0.497 e. The zero-order valence-corrected chi connectivity index (χ0v) is 21.7. The zero-order valence-electron chi connectivity index (χ0n) is 20.9. The van der Waals surface area contributed by atoms with Crippen LogP contribution in [-0.4, -0.2) is 67.5 Å². The number of piperidine rings is 1. The average molecular weight is 514 g/mol. The SMILES string of the molecule is CCOC(=O)[C@@H]1CCCCN1CC(=O)N1N=C(c2ccccc2Cl)C[C@@H]1c1ccc(OC)cc1OC. The summed E-state index contributed by atoms with van der Waals surface area (Å²) >= 11 is 6.48. The van der Waals surface area contributed by atoms with Gasteiger partial charge in [0.15, 0.2) is 0 Å². The summed E-state index contributed by atoms with van der Waals surface area (Å²) in [7, 11) is 3.18. The molecule has 36 heavy (non-hydrogen) atoms. The molecule has 192 valence electrons. The molecule has 0 saturated carbocycles. The maximum absolute atomic E-state index is 13.7. The molecular weight excluding hydrogens is 482 g/mol. The van der Waals surface area contributed by atoms with E-state index in [-0.39, 0.29) is 18.4 Å². The number of likely N-dealkylation sites (tertiary alicyclic amines) is 1. The van der Waals surface area contributed by atoms with Crippen LogP contribution in [0.1, 0.15) is 49.8 Å². The van der Waals surface area contributed by atoms with Gasteiger partial charge in [0.1, 0.15) is 17.5 Å². The number of esters is 1. The first-order chi connectivity index (χ1) is 17.5. The van der Waals surface area contributed by atoms with Crippen LogP contribution >= 0.6 is 11.6 Å². The number of methoxy groups -OCH3 is 2. The van der Waals surface area contributed by atoms with Crippen LogP contribution in [0.5, 0.6) is 11.5 Å². The number of nitrogens with zero attached hydrogens (tertiary/aromatic N) is 3. The van der Waals surface area contributed by atoms with E-state index in [1.165, 1.54) is 5.01 Å². The van der Waals surface area contributed by atoms with Crippen LogP contribution in [0.4, 0.5) is 0 Å². The number of carbonyl (C=O) groups is 2. The van der Waals surface area contributed by atoms with Gasteiger partial charge in [0, 0.05) is 28.6 Å². The van der Waals surface area contributed by atoms with Crippen molar-refractivity contribution in [3.8, 4) is 11.5 Å². The zero-order chi connectivity index (χ0) is 25.7. The van der Waals surface area contributed by atoms with Crippen LogP contribution in [0.2, 0.25) is 5.02 Å². The van der Waals surface area contributed by atoms with E-state index < -0.39 is 12.1 Å². The molecule has 0 radical (unpaired) electrons. The van der Waals surface area contributed by atoms with E-state index in [1.54, 1.807) is 27.2 Å². The minimum absolute atomic E-state index is 0.0672. The number of hydrogen-bond donors (Lipinski definition) is 0. The summed E-state index contributed by atoms with van der Waals surface area (Å²) in [6.07, 6.45) is 3.00. The van der Waals surface area contributed by atoms with Crippen molar-refractivity contribution in [2.24, 2.45) is 5.10 Å². The Balaban J connectivity index is 1.66. The number of benzene rings is 2. The van der Waals surface area contributed by atoms with Crippen molar-refractivity contribution < 1.29 is 23.8 Å². The van der Waals surface area contributed by atoms with Gasteiger partial charge >= 0.3 is 5.97 Å². The monoisotopic (exact) mass is 513 g/mol. The normalized spacial score (nSPS) is 20.1. The molecule has 1 saturated heterocycles. The number of ether oxygens (including phenoxy) is 3. The third-order valence-electron chi connectivity index (χ3n) is 6.66. The Morgan fingerprint density at radius 1 is 1.11 bits per heavy atom. The number of carbonyl (C=O) groups excluding carboxylic acids is 2. The van der Waals surface area contributed by atoms with E-state index >= 15 is 0 Å². The van der Waals surface area contributed by atoms with Gasteiger partial charge < -0.3 is 14.2 Å². The molecule has 2 atom stereocenters. The molecule has 2 aromatic carbocycles. The second-order valence-electron chi connectivity index (χ2n) is 8.83. The molecule has 2 aliphatic rings. The second-order valence-corrected chi connectivity index (χ2v) is 9.23. The van der Waals surface area contributed by atoms with E-state index in [1.807, 2.05) is 41.3 Å². The standard InChI is InChI=1S/C27H32ClN3O5/c1-4-36-27(33)23-11-7-8-14-30(23)17-26(32)31-24(20-13-12-18(34-2)15-25(20)35-3)16-22(29-31)19-9-5-6-10-21(19)28/h5-6,9-10,12-13,15,23-24H,4,7-8,11,14,16-17H2,1-3H3/t23-,24+/m0/s1. The van der Waals surface area contributed by atoms with Crippen LogP contribution in [0.15, 0.2) is 47.6 Å². The molecule has 0 N–H and O–H groups in total. The molecular formula is C27H32ClN3O5. The summed E-state index contributed by atoms with van der Waals surface area (Å²) < 4.78 is 16.3. The molecule has 2 aromatic rings. The molecule has 0 bridgehead atoms. The van der Waals surface area contributed by atoms with E-state index in [4.69, 9.17) is 30.9 Å². The van der Waals surface area contributed by atoms with Gasteiger partial charge in [0.25, 0.3) is 5.91 Å². The van der Waals surface area contributed by atoms with Crippen molar-refractivity contribution in [1.29, 1.82) is 0 Å². The van der Waals surface area contributed by atoms with Gasteiger partial charge in [-0.3, -0.25) is 14.5 Å². The number of halogens is 1. The second kappa shape index (κ2) is 11.8. The third kappa shape index (κ3) is 5.50. The largest absolute Gasteiger partial charge is 0.497 e. The smallest absolute Gasteiger partial charge is 0.323 e. The summed E-state index contributed by atoms with van der Waals surface area (Å²) in [5.74, 6) is 0.788. The molecule has 2 heterocycles. The van der Waals surface area contributed by atoms with Crippen molar-refractivity contribution in [3.05, 3.63) is 58.6 Å². The van der Waals surface area contributed by atoms with Crippen molar-refractivity contribution in [2.45, 2.75) is 44.7 Å². The number of amides is 1. The van der Waals surface area contributed by atoms with Gasteiger partial charge in [-0.1, -0.05) is 36.2 Å². The highest BCUT2D eigenvalue weighted by molar-refractivity contribution is 6.34. The molecule has 2 aliphatic heterocycles. The van der Waals surface area contributed by atoms with Crippen molar-refractivity contribution in [3.63, 3.8) is 0 Å². The Kier molecular flexibility index (Phi) is 8.48. The molecule has 1 amide bonds. The average Bonchev–Trinajstić information content (AvgIpc) is 3.34. The maximum Gasteiger partial charge on any atom is 0.323 e. The van der Waals surface area contributed by atoms with Gasteiger partial charge in [-0.2, -0.15) is 5.10 Å². The first kappa shape index (κ1) is 26.0. The highest BCUT2D eigenvalue weighted by Crippen LogP contribution is 2.40. The van der Waals surface area contributed by atoms with Crippen LogP contribution < -0.4 is 9.47 Å². The molecule has 4 rings (SSSR count). The van der Waals surface area contributed by atoms with Crippen LogP contribution in [-0.2, 0) is 14.3 Å². The van der Waals surface area contributed by atoms with E-state index in [9.17, 15) is 9.59 Å². The van der Waals surface area contributed by atoms with Gasteiger partial charge in [-0.05, 0) is 44.5 Å². The Morgan fingerprint density at radius 3 is 2.64 bits per heavy atom. The van der Waals surface area contributed by atoms with Crippen LogP contribution in [0, 0.1) is 0 Å². The van der Waals surface area contributed by atoms with Crippen LogP contribution in [0.3, 0.4) is 0 Å². The Labute approximate surface area is 216 Å². The van der Waals surface area contributed by atoms with Crippen molar-refractivity contribution in [1.82, 2.24) is 9.91 Å². The summed E-state index contributed by atoms with van der Waals surface area (Å²) in [6.45, 7) is 2.82. The molecule has 0 aromatic heterocycles. The third-order valence-corrected chi connectivity index (χ3v) is 6.99. The molecule has 0 aliphatic carbocycles. The predicted molar refractivity (Wildman–Crippen MR) is 138 cm³/mol. The highest BCUT2D eigenvalue weighted by atomic mass is 35.5. The predicted octanol–water partition coefficient (Wildman–Crippen LogP) is 4.45.